The number of rotatable bonds is 17. The van der Waals surface area contributed by atoms with Crippen molar-refractivity contribution in [2.45, 2.75) is 52.0 Å². The van der Waals surface area contributed by atoms with Crippen LogP contribution in [-0.2, 0) is 6.54 Å². The van der Waals surface area contributed by atoms with E-state index in [1.807, 2.05) is 25.1 Å². The van der Waals surface area contributed by atoms with Gasteiger partial charge >= 0.3 is 0 Å². The van der Waals surface area contributed by atoms with Gasteiger partial charge in [0.05, 0.1) is 43.8 Å². The van der Waals surface area contributed by atoms with Gasteiger partial charge in [0.1, 0.15) is 41.0 Å². The number of unbranched alkanes of at least 4 members (excludes halogenated alkanes) is 4. The number of benzene rings is 3. The van der Waals surface area contributed by atoms with Gasteiger partial charge in [-0.25, -0.2) is 13.3 Å². The van der Waals surface area contributed by atoms with E-state index in [-0.39, 0.29) is 40.2 Å². The van der Waals surface area contributed by atoms with Crippen LogP contribution in [0, 0.1) is 24.0 Å². The molecule has 0 N–H and O–H groups in total. The summed E-state index contributed by atoms with van der Waals surface area (Å²) in [6.45, 7) is 3.63. The van der Waals surface area contributed by atoms with Crippen LogP contribution in [0.25, 0.3) is 16.6 Å². The first-order valence-corrected chi connectivity index (χ1v) is 17.1. The van der Waals surface area contributed by atoms with Crippen molar-refractivity contribution in [2.75, 3.05) is 31.8 Å². The second kappa shape index (κ2) is 19.4. The van der Waals surface area contributed by atoms with Crippen LogP contribution in [0.1, 0.15) is 55.8 Å². The van der Waals surface area contributed by atoms with E-state index in [1.165, 1.54) is 13.3 Å². The molecule has 0 unspecified atom stereocenters. The first-order valence-electron chi connectivity index (χ1n) is 17.1. The molecule has 0 spiro atoms. The Labute approximate surface area is 313 Å². The SMILES string of the molecule is C#CCN(C(=O)c1cn(-c2cc(OC)cc(OCCC)c2)c2cc(OCCCCCCC[n+]3ccccc3)ccc2c1=O)c1cc(F)cc(F)c1.[Br-]. The maximum Gasteiger partial charge on any atom is 0.264 e. The zero-order valence-electron chi connectivity index (χ0n) is 29.3. The molecule has 2 aromatic heterocycles. The number of hydrogen-bond acceptors (Lipinski definition) is 5. The Morgan fingerprint density at radius 3 is 2.27 bits per heavy atom. The molecule has 0 atom stereocenters. The van der Waals surface area contributed by atoms with E-state index in [4.69, 9.17) is 20.6 Å². The Bertz CT molecular complexity index is 2050. The average molecular weight is 775 g/mol. The van der Waals surface area contributed by atoms with Gasteiger partial charge in [0, 0.05) is 60.5 Å². The number of pyridine rings is 2. The van der Waals surface area contributed by atoms with Crippen molar-refractivity contribution in [1.82, 2.24) is 4.57 Å². The lowest BCUT2D eigenvalue weighted by Gasteiger charge is -2.22. The summed E-state index contributed by atoms with van der Waals surface area (Å²) in [4.78, 5) is 29.0. The summed E-state index contributed by atoms with van der Waals surface area (Å²) in [6.07, 6.45) is 17.1. The largest absolute Gasteiger partial charge is 1.00 e. The van der Waals surface area contributed by atoms with Crippen molar-refractivity contribution in [2.24, 2.45) is 0 Å². The third-order valence-electron chi connectivity index (χ3n) is 8.32. The number of hydrogen-bond donors (Lipinski definition) is 0. The summed E-state index contributed by atoms with van der Waals surface area (Å²) in [5.74, 6) is 1.36. The van der Waals surface area contributed by atoms with Crippen LogP contribution >= 0.6 is 0 Å². The second-order valence-electron chi connectivity index (χ2n) is 12.1. The van der Waals surface area contributed by atoms with Crippen molar-refractivity contribution in [3.8, 4) is 35.3 Å². The van der Waals surface area contributed by atoms with E-state index in [1.54, 1.807) is 41.0 Å². The maximum absolute atomic E-state index is 14.2. The highest BCUT2D eigenvalue weighted by Gasteiger charge is 2.24. The van der Waals surface area contributed by atoms with Crippen LogP contribution in [0.5, 0.6) is 17.2 Å². The van der Waals surface area contributed by atoms with Gasteiger partial charge in [0.2, 0.25) is 5.43 Å². The minimum atomic E-state index is -0.888. The minimum absolute atomic E-state index is 0. The first-order chi connectivity index (χ1) is 24.8. The van der Waals surface area contributed by atoms with Gasteiger partial charge in [-0.3, -0.25) is 14.5 Å². The van der Waals surface area contributed by atoms with Gasteiger partial charge in [0.15, 0.2) is 12.4 Å². The number of methoxy groups -OCH3 is 1. The Hall–Kier alpha value is -5.21. The molecular weight excluding hydrogens is 732 g/mol. The van der Waals surface area contributed by atoms with Crippen LogP contribution in [0.15, 0.2) is 96.2 Å². The summed E-state index contributed by atoms with van der Waals surface area (Å²) in [7, 11) is 1.53. The number of terminal acetylenes is 1. The zero-order chi connectivity index (χ0) is 36.2. The molecule has 272 valence electrons. The van der Waals surface area contributed by atoms with E-state index < -0.39 is 23.0 Å². The summed E-state index contributed by atoms with van der Waals surface area (Å²) in [5, 5.41) is 0.231. The van der Waals surface area contributed by atoms with Gasteiger partial charge in [-0.1, -0.05) is 31.8 Å². The number of ether oxygens (including phenoxy) is 3. The molecule has 0 radical (unpaired) electrons. The molecule has 8 nitrogen and oxygen atoms in total. The molecule has 0 aliphatic carbocycles. The zero-order valence-corrected chi connectivity index (χ0v) is 30.9. The summed E-state index contributed by atoms with van der Waals surface area (Å²) in [6, 6.07) is 19.1. The van der Waals surface area contributed by atoms with Crippen LogP contribution in [0.4, 0.5) is 14.5 Å². The van der Waals surface area contributed by atoms with Crippen molar-refractivity contribution in [3.05, 3.63) is 119 Å². The molecule has 52 heavy (non-hydrogen) atoms. The Morgan fingerprint density at radius 2 is 1.56 bits per heavy atom. The quantitative estimate of drug-likeness (QED) is 0.0782. The third-order valence-corrected chi connectivity index (χ3v) is 8.32. The molecule has 2 heterocycles. The van der Waals surface area contributed by atoms with E-state index in [9.17, 15) is 18.4 Å². The first kappa shape index (κ1) is 39.6. The molecule has 0 aliphatic heterocycles. The number of aromatic nitrogens is 2. The van der Waals surface area contributed by atoms with Crippen LogP contribution < -0.4 is 46.1 Å². The van der Waals surface area contributed by atoms with Gasteiger partial charge in [-0.15, -0.1) is 6.42 Å². The highest BCUT2D eigenvalue weighted by Crippen LogP contribution is 2.30. The molecule has 11 heteroatoms. The topological polar surface area (TPSA) is 73.9 Å². The minimum Gasteiger partial charge on any atom is -1.00 e. The van der Waals surface area contributed by atoms with E-state index in [2.05, 4.69) is 22.9 Å². The standard InChI is InChI=1S/C41H42F2N3O5.BrH/c1-4-16-45(32-23-30(42)22-31(43)24-32)41(48)38-29-46(33-25-35(49-3)27-36(26-33)50-20-5-2)39-28-34(14-15-37(39)40(38)47)51-21-13-8-6-7-10-17-44-18-11-9-12-19-44;/h1,9,11-12,14-15,18-19,22-29H,5-8,10,13,16-17,20-21H2,2-3H3;1H/q+1;/p-1. The van der Waals surface area contributed by atoms with E-state index in [0.29, 0.717) is 47.7 Å². The Kier molecular flexibility index (Phi) is 14.8. The lowest BCUT2D eigenvalue weighted by atomic mass is 10.1. The highest BCUT2D eigenvalue weighted by molar-refractivity contribution is 6.08. The van der Waals surface area contributed by atoms with Crippen molar-refractivity contribution in [3.63, 3.8) is 0 Å². The predicted octanol–water partition coefficient (Wildman–Crippen LogP) is 4.67. The number of aryl methyl sites for hydroxylation is 1. The fourth-order valence-electron chi connectivity index (χ4n) is 5.79. The van der Waals surface area contributed by atoms with Crippen molar-refractivity contribution < 1.29 is 49.3 Å². The summed E-state index contributed by atoms with van der Waals surface area (Å²) in [5.41, 5.74) is 0.0846. The molecular formula is C41H42BrF2N3O5. The third kappa shape index (κ3) is 10.2. The normalized spacial score (nSPS) is 10.7. The van der Waals surface area contributed by atoms with Gasteiger partial charge < -0.3 is 35.8 Å². The number of nitrogens with zero attached hydrogens (tertiary/aromatic N) is 3. The van der Waals surface area contributed by atoms with Crippen molar-refractivity contribution >= 4 is 22.5 Å². The molecule has 5 aromatic rings. The summed E-state index contributed by atoms with van der Waals surface area (Å²) >= 11 is 0. The molecule has 0 aliphatic rings. The number of amides is 1. The fourth-order valence-corrected chi connectivity index (χ4v) is 5.79. The maximum atomic E-state index is 14.2. The van der Waals surface area contributed by atoms with Gasteiger partial charge in [0.25, 0.3) is 5.91 Å². The summed E-state index contributed by atoms with van der Waals surface area (Å²) < 4.78 is 49.9. The molecule has 3 aromatic carbocycles. The molecule has 0 saturated heterocycles. The Morgan fingerprint density at radius 1 is 0.865 bits per heavy atom. The highest BCUT2D eigenvalue weighted by atomic mass is 79.9. The number of carbonyl (C=O) groups excluding carboxylic acids is 1. The number of halogens is 3. The fraction of sp³-hybridized carbons (Fsp3) is 0.293. The number of fused-ring (bicyclic) bond motifs is 1. The monoisotopic (exact) mass is 773 g/mol. The molecule has 5 rings (SSSR count). The molecule has 0 fully saturated rings. The van der Waals surface area contributed by atoms with E-state index in [0.717, 1.165) is 62.1 Å². The smallest absolute Gasteiger partial charge is 0.264 e. The number of carbonyl (C=O) groups is 1. The van der Waals surface area contributed by atoms with Gasteiger partial charge in [-0.2, -0.15) is 0 Å². The second-order valence-corrected chi connectivity index (χ2v) is 12.1. The van der Waals surface area contributed by atoms with Crippen LogP contribution in [0.2, 0.25) is 0 Å². The van der Waals surface area contributed by atoms with E-state index >= 15 is 0 Å². The van der Waals surface area contributed by atoms with Crippen molar-refractivity contribution in [1.29, 1.82) is 0 Å². The Balaban J connectivity index is 0.00000605. The number of anilines is 1. The molecule has 1 amide bonds. The van der Waals surface area contributed by atoms with Gasteiger partial charge in [-0.05, 0) is 43.5 Å². The lowest BCUT2D eigenvalue weighted by Crippen LogP contribution is -3.00. The predicted molar refractivity (Wildman–Crippen MR) is 194 cm³/mol. The molecule has 0 saturated carbocycles. The van der Waals surface area contributed by atoms with Crippen LogP contribution in [0.3, 0.4) is 0 Å². The average Bonchev–Trinajstić information content (AvgIpc) is 3.13. The van der Waals surface area contributed by atoms with Crippen LogP contribution in [-0.4, -0.2) is 37.3 Å². The molecule has 0 bridgehead atoms. The lowest BCUT2D eigenvalue weighted by molar-refractivity contribution is -0.697.